The van der Waals surface area contributed by atoms with E-state index in [1.807, 2.05) is 26.0 Å². The Labute approximate surface area is 235 Å². The van der Waals surface area contributed by atoms with Crippen molar-refractivity contribution in [2.45, 2.75) is 77.5 Å². The minimum Gasteiger partial charge on any atom is -0.299 e. The predicted octanol–water partition coefficient (Wildman–Crippen LogP) is 6.40. The molecule has 2 aromatic rings. The average molecular weight is 572 g/mol. The smallest absolute Gasteiger partial charge is 0.289 e. The van der Waals surface area contributed by atoms with Crippen molar-refractivity contribution in [3.8, 4) is 0 Å². The molecule has 2 aliphatic carbocycles. The summed E-state index contributed by atoms with van der Waals surface area (Å²) >= 11 is 1.67. The Morgan fingerprint density at radius 2 is 1.85 bits per heavy atom. The van der Waals surface area contributed by atoms with Crippen LogP contribution in [0.5, 0.6) is 0 Å². The van der Waals surface area contributed by atoms with Crippen LogP contribution < -0.4 is 0 Å². The summed E-state index contributed by atoms with van der Waals surface area (Å²) in [7, 11) is -4.44. The van der Waals surface area contributed by atoms with E-state index in [1.54, 1.807) is 30.0 Å². The molecule has 3 atom stereocenters. The molecule has 0 N–H and O–H groups in total. The number of imide groups is 1. The van der Waals surface area contributed by atoms with Gasteiger partial charge in [-0.1, -0.05) is 59.1 Å². The second kappa shape index (κ2) is 10.3. The summed E-state index contributed by atoms with van der Waals surface area (Å²) in [6.45, 7) is 8.24. The van der Waals surface area contributed by atoms with Gasteiger partial charge in [-0.05, 0) is 60.1 Å². The molecule has 3 unspecified atom stereocenters. The van der Waals surface area contributed by atoms with Crippen molar-refractivity contribution in [1.29, 1.82) is 0 Å². The van der Waals surface area contributed by atoms with Crippen LogP contribution in [-0.4, -0.2) is 42.6 Å². The highest BCUT2D eigenvalue weighted by Gasteiger charge is 2.65. The normalized spacial score (nSPS) is 24.7. The summed E-state index contributed by atoms with van der Waals surface area (Å²) in [4.78, 5) is 40.8. The summed E-state index contributed by atoms with van der Waals surface area (Å²) in [5.74, 6) is -0.620. The number of hydroxylamine groups is 2. The van der Waals surface area contributed by atoms with E-state index >= 15 is 0 Å². The molecule has 0 saturated heterocycles. The van der Waals surface area contributed by atoms with Crippen molar-refractivity contribution in [1.82, 2.24) is 5.06 Å². The van der Waals surface area contributed by atoms with E-state index in [1.165, 1.54) is 6.42 Å². The standard InChI is InChI=1S/C30H37NO6S2/c1-5-7-9-19(6-2)17-38-22-14-20-10-8-11-23-26(20)24(16-22)28(34)31(27(23)33)37-39(35,36)18-30-13-12-21(15-25(30)32)29(30,3)4/h8,10-11,14,16,19,21H,5-7,9,12-13,15,17-18H2,1-4H3. The zero-order chi connectivity index (χ0) is 28.2. The molecule has 3 aliphatic rings. The van der Waals surface area contributed by atoms with Crippen molar-refractivity contribution < 1.29 is 27.1 Å². The summed E-state index contributed by atoms with van der Waals surface area (Å²) in [6, 6.07) is 8.89. The fourth-order valence-electron chi connectivity index (χ4n) is 6.87. The molecule has 2 amide bonds. The Kier molecular flexibility index (Phi) is 7.48. The van der Waals surface area contributed by atoms with Gasteiger partial charge in [0.1, 0.15) is 5.78 Å². The molecule has 1 heterocycles. The van der Waals surface area contributed by atoms with Gasteiger partial charge < -0.3 is 0 Å². The van der Waals surface area contributed by atoms with Crippen molar-refractivity contribution >= 4 is 50.3 Å². The van der Waals surface area contributed by atoms with Gasteiger partial charge in [0, 0.05) is 22.5 Å². The molecule has 0 radical (unpaired) electrons. The van der Waals surface area contributed by atoms with E-state index in [0.29, 0.717) is 29.2 Å². The van der Waals surface area contributed by atoms with Gasteiger partial charge in [-0.3, -0.25) is 14.4 Å². The fourth-order valence-corrected chi connectivity index (χ4v) is 9.81. The summed E-state index contributed by atoms with van der Waals surface area (Å²) in [5, 5.41) is 1.65. The molecule has 0 spiro atoms. The molecule has 39 heavy (non-hydrogen) atoms. The minimum absolute atomic E-state index is 0.0756. The minimum atomic E-state index is -4.44. The van der Waals surface area contributed by atoms with Gasteiger partial charge in [0.25, 0.3) is 21.9 Å². The first-order valence-electron chi connectivity index (χ1n) is 14.0. The van der Waals surface area contributed by atoms with Crippen LogP contribution in [0, 0.1) is 22.7 Å². The largest absolute Gasteiger partial charge is 0.299 e. The van der Waals surface area contributed by atoms with Crippen LogP contribution in [0.25, 0.3) is 10.8 Å². The Bertz CT molecular complexity index is 1450. The Morgan fingerprint density at radius 3 is 2.49 bits per heavy atom. The molecular formula is C30H37NO6S2. The van der Waals surface area contributed by atoms with Crippen LogP contribution >= 0.6 is 11.8 Å². The number of Topliss-reactive ketones (excluding diaryl/α,β-unsaturated/α-hetero) is 1. The monoisotopic (exact) mass is 571 g/mol. The van der Waals surface area contributed by atoms with Gasteiger partial charge in [-0.15, -0.1) is 21.1 Å². The van der Waals surface area contributed by atoms with Crippen molar-refractivity contribution in [3.63, 3.8) is 0 Å². The molecule has 0 aromatic heterocycles. The summed E-state index contributed by atoms with van der Waals surface area (Å²) in [5.41, 5.74) is -1.08. The molecule has 2 aromatic carbocycles. The highest BCUT2D eigenvalue weighted by atomic mass is 32.2. The van der Waals surface area contributed by atoms with Crippen LogP contribution in [-0.2, 0) is 19.2 Å². The first-order chi connectivity index (χ1) is 18.4. The molecule has 5 rings (SSSR count). The number of unbranched alkanes of at least 4 members (excludes halogenated alkanes) is 1. The number of amides is 2. The molecule has 2 fully saturated rings. The maximum absolute atomic E-state index is 13.6. The lowest BCUT2D eigenvalue weighted by Gasteiger charge is -2.36. The van der Waals surface area contributed by atoms with Gasteiger partial charge >= 0.3 is 0 Å². The van der Waals surface area contributed by atoms with Crippen LogP contribution in [0.2, 0.25) is 0 Å². The third-order valence-electron chi connectivity index (χ3n) is 9.56. The Hall–Kier alpha value is -2.23. The lowest BCUT2D eigenvalue weighted by atomic mass is 9.70. The van der Waals surface area contributed by atoms with Crippen LogP contribution in [0.1, 0.15) is 93.4 Å². The molecular weight excluding hydrogens is 534 g/mol. The lowest BCUT2D eigenvalue weighted by molar-refractivity contribution is -0.128. The number of thioether (sulfide) groups is 1. The number of hydrogen-bond acceptors (Lipinski definition) is 7. The van der Waals surface area contributed by atoms with Crippen molar-refractivity contribution in [2.24, 2.45) is 22.7 Å². The van der Waals surface area contributed by atoms with Gasteiger partial charge in [-0.2, -0.15) is 8.42 Å². The second-order valence-electron chi connectivity index (χ2n) is 11.9. The first kappa shape index (κ1) is 28.3. The zero-order valence-electron chi connectivity index (χ0n) is 23.1. The van der Waals surface area contributed by atoms with Gasteiger partial charge in [0.2, 0.25) is 0 Å². The van der Waals surface area contributed by atoms with Crippen molar-refractivity contribution in [3.05, 3.63) is 41.5 Å². The third-order valence-corrected chi connectivity index (χ3v) is 12.0. The SMILES string of the molecule is CCCCC(CC)CSc1cc2c3c(cccc3c1)C(=O)N(OS(=O)(=O)CC13CCC(CC1=O)C3(C)C)C2=O. The topological polar surface area (TPSA) is 97.8 Å². The fraction of sp³-hybridized carbons (Fsp3) is 0.567. The number of ketones is 1. The van der Waals surface area contributed by atoms with Crippen LogP contribution in [0.4, 0.5) is 0 Å². The Morgan fingerprint density at radius 1 is 1.10 bits per heavy atom. The molecule has 2 bridgehead atoms. The first-order valence-corrected chi connectivity index (χ1v) is 16.5. The van der Waals surface area contributed by atoms with Crippen LogP contribution in [0.15, 0.2) is 35.2 Å². The van der Waals surface area contributed by atoms with Crippen LogP contribution in [0.3, 0.4) is 0 Å². The molecule has 7 nitrogen and oxygen atoms in total. The van der Waals surface area contributed by atoms with Gasteiger partial charge in [0.15, 0.2) is 0 Å². The van der Waals surface area contributed by atoms with E-state index in [0.717, 1.165) is 41.7 Å². The molecule has 1 aliphatic heterocycles. The van der Waals surface area contributed by atoms with E-state index in [4.69, 9.17) is 4.28 Å². The molecule has 2 saturated carbocycles. The zero-order valence-corrected chi connectivity index (χ0v) is 24.8. The highest BCUT2D eigenvalue weighted by molar-refractivity contribution is 7.99. The number of hydrogen-bond donors (Lipinski definition) is 0. The predicted molar refractivity (Wildman–Crippen MR) is 152 cm³/mol. The summed E-state index contributed by atoms with van der Waals surface area (Å²) < 4.78 is 32.0. The Balaban J connectivity index is 1.42. The molecule has 9 heteroatoms. The number of nitrogens with zero attached hydrogens (tertiary/aromatic N) is 1. The maximum atomic E-state index is 13.6. The average Bonchev–Trinajstić information content (AvgIpc) is 3.23. The number of fused-ring (bicyclic) bond motifs is 2. The quantitative estimate of drug-likeness (QED) is 0.227. The number of rotatable bonds is 11. The maximum Gasteiger partial charge on any atom is 0.289 e. The number of benzene rings is 2. The number of carbonyl (C=O) groups is 3. The van der Waals surface area contributed by atoms with E-state index in [9.17, 15) is 22.8 Å². The van der Waals surface area contributed by atoms with E-state index < -0.39 is 38.5 Å². The highest BCUT2D eigenvalue weighted by Crippen LogP contribution is 2.64. The second-order valence-corrected chi connectivity index (χ2v) is 14.6. The molecule has 210 valence electrons. The van der Waals surface area contributed by atoms with Crippen molar-refractivity contribution in [2.75, 3.05) is 11.5 Å². The van der Waals surface area contributed by atoms with Gasteiger partial charge in [-0.25, -0.2) is 0 Å². The van der Waals surface area contributed by atoms with Gasteiger partial charge in [0.05, 0.1) is 22.3 Å². The summed E-state index contributed by atoms with van der Waals surface area (Å²) in [6.07, 6.45) is 6.16. The van der Waals surface area contributed by atoms with E-state index in [2.05, 4.69) is 13.8 Å². The van der Waals surface area contributed by atoms with E-state index in [-0.39, 0.29) is 22.8 Å². The lowest BCUT2D eigenvalue weighted by Crippen LogP contribution is -2.46. The number of carbonyl (C=O) groups excluding carboxylic acids is 3. The third kappa shape index (κ3) is 4.74.